The number of amides is 1. The zero-order valence-corrected chi connectivity index (χ0v) is 14.1. The van der Waals surface area contributed by atoms with Crippen LogP contribution in [-0.2, 0) is 9.53 Å². The lowest BCUT2D eigenvalue weighted by Crippen LogP contribution is -2.23. The van der Waals surface area contributed by atoms with Gasteiger partial charge in [-0.2, -0.15) is 10.4 Å². The number of para-hydroxylation sites is 2. The quantitative estimate of drug-likeness (QED) is 0.388. The van der Waals surface area contributed by atoms with Crippen molar-refractivity contribution in [3.05, 3.63) is 36.3 Å². The molecule has 0 bridgehead atoms. The molecule has 0 aliphatic carbocycles. The Bertz CT molecular complexity index is 868. The average molecular weight is 356 g/mol. The van der Waals surface area contributed by atoms with Crippen LogP contribution in [0.15, 0.2) is 35.7 Å². The predicted molar refractivity (Wildman–Crippen MR) is 92.8 cm³/mol. The largest absolute Gasteiger partial charge is 0.495 e. The molecule has 0 saturated heterocycles. The van der Waals surface area contributed by atoms with Crippen molar-refractivity contribution < 1.29 is 19.1 Å². The van der Waals surface area contributed by atoms with Crippen molar-refractivity contribution in [2.45, 2.75) is 6.92 Å². The maximum absolute atomic E-state index is 12.2. The third-order valence-electron chi connectivity index (χ3n) is 3.07. The Morgan fingerprint density at radius 2 is 2.15 bits per heavy atom. The molecule has 1 aromatic carbocycles. The number of H-pyrrole nitrogens is 1. The van der Waals surface area contributed by atoms with E-state index in [2.05, 4.69) is 25.8 Å². The molecule has 3 N–H and O–H groups in total. The average Bonchev–Trinajstić information content (AvgIpc) is 3.11. The van der Waals surface area contributed by atoms with E-state index < -0.39 is 17.6 Å². The number of nitrogens with one attached hydrogen (secondary N) is 3. The number of aromatic amines is 1. The SMILES string of the molecule is CCOC(=O)c1[nH]cnc1N/N=C(\C#N)C(=O)Nc1ccccc1OC. The molecule has 0 spiro atoms. The molecule has 10 nitrogen and oxygen atoms in total. The lowest BCUT2D eigenvalue weighted by atomic mass is 10.2. The lowest BCUT2D eigenvalue weighted by molar-refractivity contribution is -0.110. The summed E-state index contributed by atoms with van der Waals surface area (Å²) in [6.07, 6.45) is 1.26. The molecule has 0 radical (unpaired) electrons. The summed E-state index contributed by atoms with van der Waals surface area (Å²) in [5, 5.41) is 15.4. The number of hydrazone groups is 1. The number of ether oxygens (including phenoxy) is 2. The minimum atomic E-state index is -0.752. The molecule has 0 fully saturated rings. The maximum Gasteiger partial charge on any atom is 0.358 e. The van der Waals surface area contributed by atoms with Crippen molar-refractivity contribution in [2.24, 2.45) is 5.10 Å². The van der Waals surface area contributed by atoms with Crippen LogP contribution in [0.5, 0.6) is 5.75 Å². The van der Waals surface area contributed by atoms with Crippen molar-refractivity contribution in [3.8, 4) is 11.8 Å². The molecule has 10 heteroatoms. The Hall–Kier alpha value is -3.87. The van der Waals surface area contributed by atoms with Gasteiger partial charge in [0.05, 0.1) is 25.7 Å². The van der Waals surface area contributed by atoms with Gasteiger partial charge in [0.1, 0.15) is 11.8 Å². The molecule has 0 unspecified atom stereocenters. The van der Waals surface area contributed by atoms with Crippen LogP contribution in [0.25, 0.3) is 0 Å². The highest BCUT2D eigenvalue weighted by Gasteiger charge is 2.17. The van der Waals surface area contributed by atoms with E-state index in [0.29, 0.717) is 11.4 Å². The third kappa shape index (κ3) is 4.35. The monoisotopic (exact) mass is 356 g/mol. The Kier molecular flexibility index (Phi) is 6.28. The van der Waals surface area contributed by atoms with Crippen molar-refractivity contribution in [3.63, 3.8) is 0 Å². The van der Waals surface area contributed by atoms with Gasteiger partial charge >= 0.3 is 5.97 Å². The Morgan fingerprint density at radius 1 is 1.38 bits per heavy atom. The van der Waals surface area contributed by atoms with E-state index in [0.717, 1.165) is 0 Å². The summed E-state index contributed by atoms with van der Waals surface area (Å²) in [6.45, 7) is 1.85. The fourth-order valence-electron chi connectivity index (χ4n) is 1.90. The molecule has 1 amide bonds. The van der Waals surface area contributed by atoms with Crippen LogP contribution in [0, 0.1) is 11.3 Å². The number of methoxy groups -OCH3 is 1. The minimum Gasteiger partial charge on any atom is -0.495 e. The van der Waals surface area contributed by atoms with Gasteiger partial charge in [0.25, 0.3) is 5.91 Å². The standard InChI is InChI=1S/C16H16N6O4/c1-3-26-16(24)13-14(19-9-18-13)22-21-11(8-17)15(23)20-10-6-4-5-7-12(10)25-2/h4-7,9,22H,3H2,1-2H3,(H,18,19)(H,20,23)/b21-11+. The van der Waals surface area contributed by atoms with E-state index in [1.54, 1.807) is 37.3 Å². The van der Waals surface area contributed by atoms with Crippen molar-refractivity contribution in [2.75, 3.05) is 24.5 Å². The van der Waals surface area contributed by atoms with Crippen molar-refractivity contribution in [1.29, 1.82) is 5.26 Å². The number of esters is 1. The number of aromatic nitrogens is 2. The third-order valence-corrected chi connectivity index (χ3v) is 3.07. The van der Waals surface area contributed by atoms with Gasteiger partial charge in [0.2, 0.25) is 5.71 Å². The highest BCUT2D eigenvalue weighted by Crippen LogP contribution is 2.22. The first-order valence-electron chi connectivity index (χ1n) is 7.49. The number of hydrogen-bond acceptors (Lipinski definition) is 8. The summed E-state index contributed by atoms with van der Waals surface area (Å²) in [5.41, 5.74) is 2.36. The smallest absolute Gasteiger partial charge is 0.358 e. The van der Waals surface area contributed by atoms with Crippen LogP contribution in [0.3, 0.4) is 0 Å². The maximum atomic E-state index is 12.2. The van der Waals surface area contributed by atoms with Crippen molar-refractivity contribution >= 4 is 29.1 Å². The molecule has 2 aromatic rings. The Morgan fingerprint density at radius 3 is 2.85 bits per heavy atom. The number of nitriles is 1. The first kappa shape index (κ1) is 18.5. The zero-order valence-electron chi connectivity index (χ0n) is 14.1. The number of carbonyl (C=O) groups is 2. The van der Waals surface area contributed by atoms with Crippen LogP contribution < -0.4 is 15.5 Å². The Labute approximate surface area is 148 Å². The normalized spacial score (nSPS) is 10.6. The van der Waals surface area contributed by atoms with Gasteiger partial charge in [-0.05, 0) is 19.1 Å². The molecule has 0 aliphatic rings. The van der Waals surface area contributed by atoms with E-state index in [1.165, 1.54) is 13.4 Å². The van der Waals surface area contributed by atoms with Gasteiger partial charge < -0.3 is 19.8 Å². The number of hydrogen-bond donors (Lipinski definition) is 3. The molecule has 2 rings (SSSR count). The second kappa shape index (κ2) is 8.84. The highest BCUT2D eigenvalue weighted by atomic mass is 16.5. The lowest BCUT2D eigenvalue weighted by Gasteiger charge is -2.08. The van der Waals surface area contributed by atoms with Gasteiger partial charge in [-0.25, -0.2) is 9.78 Å². The molecule has 1 heterocycles. The number of nitrogens with zero attached hydrogens (tertiary/aromatic N) is 3. The highest BCUT2D eigenvalue weighted by molar-refractivity contribution is 6.48. The van der Waals surface area contributed by atoms with Crippen LogP contribution in [-0.4, -0.2) is 41.3 Å². The van der Waals surface area contributed by atoms with Gasteiger partial charge in [0, 0.05) is 0 Å². The predicted octanol–water partition coefficient (Wildman–Crippen LogP) is 1.53. The molecule has 134 valence electrons. The number of rotatable bonds is 7. The van der Waals surface area contributed by atoms with E-state index in [-0.39, 0.29) is 18.1 Å². The molecular weight excluding hydrogens is 340 g/mol. The number of imidazole rings is 1. The second-order valence-electron chi connectivity index (χ2n) is 4.69. The fraction of sp³-hybridized carbons (Fsp3) is 0.188. The van der Waals surface area contributed by atoms with Crippen LogP contribution >= 0.6 is 0 Å². The van der Waals surface area contributed by atoms with Gasteiger partial charge in [-0.1, -0.05) is 12.1 Å². The summed E-state index contributed by atoms with van der Waals surface area (Å²) >= 11 is 0. The molecule has 26 heavy (non-hydrogen) atoms. The summed E-state index contributed by atoms with van der Waals surface area (Å²) in [4.78, 5) is 30.4. The molecule has 1 aromatic heterocycles. The van der Waals surface area contributed by atoms with E-state index in [1.807, 2.05) is 0 Å². The van der Waals surface area contributed by atoms with Crippen LogP contribution in [0.4, 0.5) is 11.5 Å². The first-order valence-corrected chi connectivity index (χ1v) is 7.49. The van der Waals surface area contributed by atoms with Crippen LogP contribution in [0.1, 0.15) is 17.4 Å². The zero-order chi connectivity index (χ0) is 18.9. The topological polar surface area (TPSA) is 141 Å². The number of carbonyl (C=O) groups excluding carboxylic acids is 2. The molecule has 0 saturated carbocycles. The molecule has 0 atom stereocenters. The number of anilines is 2. The van der Waals surface area contributed by atoms with E-state index in [4.69, 9.17) is 14.7 Å². The van der Waals surface area contributed by atoms with E-state index in [9.17, 15) is 9.59 Å². The molecular formula is C16H16N6O4. The first-order chi connectivity index (χ1) is 12.6. The van der Waals surface area contributed by atoms with Gasteiger partial charge in [-0.3, -0.25) is 10.2 Å². The van der Waals surface area contributed by atoms with Gasteiger partial charge in [-0.15, -0.1) is 0 Å². The van der Waals surface area contributed by atoms with E-state index >= 15 is 0 Å². The summed E-state index contributed by atoms with van der Waals surface area (Å²) < 4.78 is 9.98. The Balaban J connectivity index is 2.14. The molecule has 0 aliphatic heterocycles. The summed E-state index contributed by atoms with van der Waals surface area (Å²) in [6, 6.07) is 8.40. The van der Waals surface area contributed by atoms with Crippen LogP contribution in [0.2, 0.25) is 0 Å². The fourth-order valence-corrected chi connectivity index (χ4v) is 1.90. The van der Waals surface area contributed by atoms with Crippen molar-refractivity contribution in [1.82, 2.24) is 9.97 Å². The minimum absolute atomic E-state index is 0.0260. The van der Waals surface area contributed by atoms with Gasteiger partial charge in [0.15, 0.2) is 11.5 Å². The second-order valence-corrected chi connectivity index (χ2v) is 4.69. The summed E-state index contributed by atoms with van der Waals surface area (Å²) in [5.74, 6) is -0.929. The number of benzene rings is 1. The summed E-state index contributed by atoms with van der Waals surface area (Å²) in [7, 11) is 1.46.